The zero-order valence-corrected chi connectivity index (χ0v) is 6.99. The van der Waals surface area contributed by atoms with Crippen LogP contribution in [-0.2, 0) is 9.53 Å². The van der Waals surface area contributed by atoms with Crippen LogP contribution in [0.5, 0.6) is 0 Å². The molecular formula is C6H10O3S. The second-order valence-corrected chi connectivity index (χ2v) is 2.42. The van der Waals surface area contributed by atoms with E-state index in [1.807, 2.05) is 0 Å². The Morgan fingerprint density at radius 3 is 2.20 bits per heavy atom. The molecule has 0 rings (SSSR count). The van der Waals surface area contributed by atoms with Crippen LogP contribution in [0.25, 0.3) is 0 Å². The van der Waals surface area contributed by atoms with Gasteiger partial charge in [-0.3, -0.25) is 0 Å². The molecule has 0 saturated heterocycles. The maximum absolute atomic E-state index is 10.4. The van der Waals surface area contributed by atoms with Crippen LogP contribution in [0.4, 0.5) is 0 Å². The third-order valence-electron chi connectivity index (χ3n) is 1.02. The first kappa shape index (κ1) is 9.36. The summed E-state index contributed by atoms with van der Waals surface area (Å²) in [5, 5.41) is 8.52. The lowest BCUT2D eigenvalue weighted by Crippen LogP contribution is -2.00. The van der Waals surface area contributed by atoms with E-state index in [2.05, 4.69) is 0 Å². The third kappa shape index (κ3) is 2.31. The fraction of sp³-hybridized carbons (Fsp3) is 0.500. The lowest BCUT2D eigenvalue weighted by atomic mass is 10.5. The highest BCUT2D eigenvalue weighted by Gasteiger charge is 2.09. The van der Waals surface area contributed by atoms with Gasteiger partial charge in [0.2, 0.25) is 0 Å². The summed E-state index contributed by atoms with van der Waals surface area (Å²) in [6.07, 6.45) is 1.70. The molecule has 1 N–H and O–H groups in total. The van der Waals surface area contributed by atoms with E-state index in [1.165, 1.54) is 18.9 Å². The third-order valence-corrected chi connectivity index (χ3v) is 1.89. The number of carboxylic acid groups (broad SMARTS) is 1. The summed E-state index contributed by atoms with van der Waals surface area (Å²) < 4.78 is 4.74. The quantitative estimate of drug-likeness (QED) is 0.502. The molecule has 0 saturated carbocycles. The van der Waals surface area contributed by atoms with Gasteiger partial charge in [0.25, 0.3) is 0 Å². The van der Waals surface area contributed by atoms with E-state index in [4.69, 9.17) is 9.84 Å². The standard InChI is InChI=1S/C6H10O3S/c1-4(9-2)5(10-3)6(7)8/h1-3H3,(H,7,8)/b5-4+. The molecule has 3 nitrogen and oxygen atoms in total. The van der Waals surface area contributed by atoms with Crippen LogP contribution in [0.15, 0.2) is 10.7 Å². The Hall–Kier alpha value is -0.640. The normalized spacial score (nSPS) is 12.3. The number of thioether (sulfide) groups is 1. The van der Waals surface area contributed by atoms with Crippen molar-refractivity contribution in [1.29, 1.82) is 0 Å². The predicted octanol–water partition coefficient (Wildman–Crippen LogP) is 1.31. The monoisotopic (exact) mass is 162 g/mol. The van der Waals surface area contributed by atoms with Crippen LogP contribution < -0.4 is 0 Å². The topological polar surface area (TPSA) is 46.5 Å². The molecule has 0 aliphatic carbocycles. The molecule has 0 heterocycles. The first-order valence-corrected chi connectivity index (χ1v) is 3.88. The highest BCUT2D eigenvalue weighted by Crippen LogP contribution is 2.16. The van der Waals surface area contributed by atoms with Gasteiger partial charge in [-0.25, -0.2) is 4.79 Å². The number of allylic oxidation sites excluding steroid dienone is 1. The van der Waals surface area contributed by atoms with Crippen molar-refractivity contribution in [2.75, 3.05) is 13.4 Å². The summed E-state index contributed by atoms with van der Waals surface area (Å²) in [6.45, 7) is 1.62. The van der Waals surface area contributed by atoms with Gasteiger partial charge in [0, 0.05) is 0 Å². The van der Waals surface area contributed by atoms with Gasteiger partial charge in [0.15, 0.2) is 0 Å². The summed E-state index contributed by atoms with van der Waals surface area (Å²) >= 11 is 1.17. The van der Waals surface area contributed by atoms with Crippen LogP contribution in [0.3, 0.4) is 0 Å². The van der Waals surface area contributed by atoms with Gasteiger partial charge in [-0.05, 0) is 13.2 Å². The molecule has 0 aromatic heterocycles. The first-order chi connectivity index (χ1) is 4.63. The predicted molar refractivity (Wildman–Crippen MR) is 40.9 cm³/mol. The van der Waals surface area contributed by atoms with Crippen molar-refractivity contribution in [1.82, 2.24) is 0 Å². The Labute approximate surface area is 64.1 Å². The van der Waals surface area contributed by atoms with Gasteiger partial charge in [-0.15, -0.1) is 11.8 Å². The molecule has 4 heteroatoms. The molecule has 0 atom stereocenters. The zero-order chi connectivity index (χ0) is 8.15. The number of carboxylic acids is 1. The van der Waals surface area contributed by atoms with E-state index in [1.54, 1.807) is 13.2 Å². The lowest BCUT2D eigenvalue weighted by Gasteiger charge is -2.02. The largest absolute Gasteiger partial charge is 0.500 e. The highest BCUT2D eigenvalue weighted by molar-refractivity contribution is 8.03. The van der Waals surface area contributed by atoms with E-state index >= 15 is 0 Å². The van der Waals surface area contributed by atoms with Crippen molar-refractivity contribution in [3.8, 4) is 0 Å². The Balaban J connectivity index is 4.45. The van der Waals surface area contributed by atoms with Crippen molar-refractivity contribution < 1.29 is 14.6 Å². The van der Waals surface area contributed by atoms with Crippen LogP contribution in [0.1, 0.15) is 6.92 Å². The molecule has 0 fully saturated rings. The number of hydrogen-bond donors (Lipinski definition) is 1. The maximum atomic E-state index is 10.4. The van der Waals surface area contributed by atoms with Crippen molar-refractivity contribution in [3.63, 3.8) is 0 Å². The van der Waals surface area contributed by atoms with Crippen LogP contribution >= 0.6 is 11.8 Å². The first-order valence-electron chi connectivity index (χ1n) is 2.65. The van der Waals surface area contributed by atoms with Gasteiger partial charge in [0.1, 0.15) is 10.7 Å². The minimum Gasteiger partial charge on any atom is -0.500 e. The second kappa shape index (κ2) is 4.22. The molecule has 0 bridgehead atoms. The van der Waals surface area contributed by atoms with E-state index < -0.39 is 5.97 Å². The Morgan fingerprint density at radius 1 is 1.60 bits per heavy atom. The van der Waals surface area contributed by atoms with Crippen LogP contribution in [0, 0.1) is 0 Å². The average molecular weight is 162 g/mol. The molecule has 0 aliphatic heterocycles. The van der Waals surface area contributed by atoms with E-state index in [-0.39, 0.29) is 4.91 Å². The van der Waals surface area contributed by atoms with Gasteiger partial charge < -0.3 is 9.84 Å². The molecular weight excluding hydrogens is 152 g/mol. The minimum absolute atomic E-state index is 0.252. The average Bonchev–Trinajstić information content (AvgIpc) is 1.88. The Kier molecular flexibility index (Phi) is 3.95. The summed E-state index contributed by atoms with van der Waals surface area (Å²) in [6, 6.07) is 0. The van der Waals surface area contributed by atoms with Gasteiger partial charge in [-0.1, -0.05) is 0 Å². The van der Waals surface area contributed by atoms with E-state index in [9.17, 15) is 4.79 Å². The maximum Gasteiger partial charge on any atom is 0.345 e. The number of ether oxygens (including phenoxy) is 1. The SMILES string of the molecule is CO/C(C)=C(/SC)C(=O)O. The van der Waals surface area contributed by atoms with Gasteiger partial charge in [-0.2, -0.15) is 0 Å². The Morgan fingerprint density at radius 2 is 2.10 bits per heavy atom. The lowest BCUT2D eigenvalue weighted by molar-refractivity contribution is -0.132. The molecule has 0 aromatic carbocycles. The molecule has 10 heavy (non-hydrogen) atoms. The van der Waals surface area contributed by atoms with Crippen molar-refractivity contribution >= 4 is 17.7 Å². The zero-order valence-electron chi connectivity index (χ0n) is 6.17. The molecule has 0 spiro atoms. The van der Waals surface area contributed by atoms with E-state index in [0.717, 1.165) is 0 Å². The molecule has 58 valence electrons. The second-order valence-electron chi connectivity index (χ2n) is 1.60. The van der Waals surface area contributed by atoms with Crippen molar-refractivity contribution in [3.05, 3.63) is 10.7 Å². The summed E-state index contributed by atoms with van der Waals surface area (Å²) in [5.74, 6) is -0.494. The van der Waals surface area contributed by atoms with Crippen LogP contribution in [0.2, 0.25) is 0 Å². The number of rotatable bonds is 3. The molecule has 0 aliphatic rings. The number of aliphatic carboxylic acids is 1. The fourth-order valence-electron chi connectivity index (χ4n) is 0.474. The molecule has 0 aromatic rings. The summed E-state index contributed by atoms with van der Waals surface area (Å²) in [4.78, 5) is 10.6. The number of carbonyl (C=O) groups is 1. The van der Waals surface area contributed by atoms with Crippen molar-refractivity contribution in [2.45, 2.75) is 6.92 Å². The van der Waals surface area contributed by atoms with Crippen LogP contribution in [-0.4, -0.2) is 24.4 Å². The Bertz CT molecular complexity index is 162. The highest BCUT2D eigenvalue weighted by atomic mass is 32.2. The summed E-state index contributed by atoms with van der Waals surface area (Å²) in [5.41, 5.74) is 0. The van der Waals surface area contributed by atoms with E-state index in [0.29, 0.717) is 5.76 Å². The summed E-state index contributed by atoms with van der Waals surface area (Å²) in [7, 11) is 1.45. The molecule has 0 radical (unpaired) electrons. The fourth-order valence-corrected chi connectivity index (χ4v) is 1.02. The number of methoxy groups -OCH3 is 1. The van der Waals surface area contributed by atoms with Crippen molar-refractivity contribution in [2.24, 2.45) is 0 Å². The molecule has 0 amide bonds. The molecule has 0 unspecified atom stereocenters. The number of hydrogen-bond acceptors (Lipinski definition) is 3. The minimum atomic E-state index is -0.938. The van der Waals surface area contributed by atoms with Gasteiger partial charge >= 0.3 is 5.97 Å². The smallest absolute Gasteiger partial charge is 0.345 e. The van der Waals surface area contributed by atoms with Gasteiger partial charge in [0.05, 0.1) is 7.11 Å².